The SMILES string of the molecule is CC1=Cc2ccccc2C1c1ccc([SiH2]c2ccc(C3C(C)=Cc4ccccc43)cc2)cc1.[LiH].[LiH]. The number of hydrogen-bond donors (Lipinski definition) is 0. The fraction of sp³-hybridized carbons (Fsp3) is 0.125. The number of allylic oxidation sites excluding steroid dienone is 2. The maximum absolute atomic E-state index is 2.36. The van der Waals surface area contributed by atoms with E-state index >= 15 is 0 Å². The Morgan fingerprint density at radius 1 is 0.486 bits per heavy atom. The van der Waals surface area contributed by atoms with Crippen molar-refractivity contribution in [3.63, 3.8) is 0 Å². The number of hydrogen-bond acceptors (Lipinski definition) is 0. The summed E-state index contributed by atoms with van der Waals surface area (Å²) in [5.41, 5.74) is 11.3. The second kappa shape index (κ2) is 10.8. The Kier molecular flexibility index (Phi) is 7.98. The summed E-state index contributed by atoms with van der Waals surface area (Å²) in [5, 5.41) is 3.00. The van der Waals surface area contributed by atoms with E-state index in [0.29, 0.717) is 11.8 Å². The first-order valence-corrected chi connectivity index (χ1v) is 13.3. The van der Waals surface area contributed by atoms with Crippen LogP contribution in [0.4, 0.5) is 0 Å². The predicted molar refractivity (Wildman–Crippen MR) is 159 cm³/mol. The van der Waals surface area contributed by atoms with Gasteiger partial charge in [-0.05, 0) is 47.2 Å². The zero-order chi connectivity index (χ0) is 22.4. The molecule has 0 heterocycles. The molecule has 164 valence electrons. The van der Waals surface area contributed by atoms with E-state index in [1.807, 2.05) is 0 Å². The minimum atomic E-state index is -0.483. The first-order chi connectivity index (χ1) is 16.2. The molecular weight excluding hydrogens is 426 g/mol. The average molecular weight is 457 g/mol. The molecule has 3 heteroatoms. The van der Waals surface area contributed by atoms with Crippen molar-refractivity contribution in [1.29, 1.82) is 0 Å². The van der Waals surface area contributed by atoms with Gasteiger partial charge in [-0.2, -0.15) is 0 Å². The molecule has 0 saturated carbocycles. The van der Waals surface area contributed by atoms with E-state index in [-0.39, 0.29) is 37.7 Å². The van der Waals surface area contributed by atoms with E-state index in [9.17, 15) is 0 Å². The van der Waals surface area contributed by atoms with E-state index in [4.69, 9.17) is 0 Å². The summed E-state index contributed by atoms with van der Waals surface area (Å²) >= 11 is 0. The van der Waals surface area contributed by atoms with Crippen LogP contribution in [0.1, 0.15) is 59.1 Å². The third-order valence-corrected chi connectivity index (χ3v) is 9.08. The van der Waals surface area contributed by atoms with Crippen LogP contribution in [0.2, 0.25) is 0 Å². The average Bonchev–Trinajstić information content (AvgIpc) is 3.35. The number of fused-ring (bicyclic) bond motifs is 2. The van der Waals surface area contributed by atoms with Gasteiger partial charge in [-0.1, -0.05) is 131 Å². The van der Waals surface area contributed by atoms with Crippen molar-refractivity contribution in [3.05, 3.63) is 142 Å². The summed E-state index contributed by atoms with van der Waals surface area (Å²) in [6.45, 7) is 4.52. The van der Waals surface area contributed by atoms with Gasteiger partial charge in [0.15, 0.2) is 0 Å². The first-order valence-electron chi connectivity index (χ1n) is 11.9. The molecule has 0 fully saturated rings. The molecule has 2 aliphatic rings. The van der Waals surface area contributed by atoms with Crippen LogP contribution in [0.25, 0.3) is 12.2 Å². The van der Waals surface area contributed by atoms with E-state index in [0.717, 1.165) is 0 Å². The third kappa shape index (κ3) is 4.90. The summed E-state index contributed by atoms with van der Waals surface area (Å²) in [5.74, 6) is 0.809. The normalized spacial score (nSPS) is 17.8. The molecule has 4 aromatic rings. The van der Waals surface area contributed by atoms with Crippen molar-refractivity contribution in [3.8, 4) is 0 Å². The topological polar surface area (TPSA) is 0 Å². The fourth-order valence-electron chi connectivity index (χ4n) is 5.73. The van der Waals surface area contributed by atoms with E-state index in [1.54, 1.807) is 0 Å². The third-order valence-electron chi connectivity index (χ3n) is 7.33. The molecule has 0 N–H and O–H groups in total. The van der Waals surface area contributed by atoms with Crippen LogP contribution in [0, 0.1) is 0 Å². The molecule has 2 atom stereocenters. The first kappa shape index (κ1) is 25.9. The molecule has 0 radical (unpaired) electrons. The molecule has 2 unspecified atom stereocenters. The van der Waals surface area contributed by atoms with Gasteiger partial charge in [-0.3, -0.25) is 0 Å². The van der Waals surface area contributed by atoms with E-state index in [1.165, 1.54) is 54.9 Å². The molecule has 0 spiro atoms. The van der Waals surface area contributed by atoms with Crippen LogP contribution >= 0.6 is 0 Å². The van der Waals surface area contributed by atoms with Gasteiger partial charge in [0.2, 0.25) is 0 Å². The molecule has 2 aliphatic carbocycles. The Morgan fingerprint density at radius 2 is 0.857 bits per heavy atom. The van der Waals surface area contributed by atoms with Crippen molar-refractivity contribution < 1.29 is 0 Å². The van der Waals surface area contributed by atoms with Crippen molar-refractivity contribution in [1.82, 2.24) is 0 Å². The van der Waals surface area contributed by atoms with Gasteiger partial charge in [0.05, 0.1) is 9.52 Å². The number of benzene rings is 4. The van der Waals surface area contributed by atoms with Crippen molar-refractivity contribution in [2.24, 2.45) is 0 Å². The van der Waals surface area contributed by atoms with Crippen LogP contribution < -0.4 is 10.4 Å². The standard InChI is InChI=1S/C32H28Si.2Li.2H/c1-21-19-25-7-3-5-9-29(25)31(21)23-11-15-27(16-12-23)33-28-17-13-24(14-18-28)32-22(2)20-26-8-4-6-10-30(26)32;;;;/h3-20,31-32H,33H2,1-2H3;;;;. The molecule has 35 heavy (non-hydrogen) atoms. The summed E-state index contributed by atoms with van der Waals surface area (Å²) < 4.78 is 0. The molecule has 0 bridgehead atoms. The van der Waals surface area contributed by atoms with Gasteiger partial charge >= 0.3 is 37.7 Å². The van der Waals surface area contributed by atoms with Gasteiger partial charge in [-0.15, -0.1) is 0 Å². The van der Waals surface area contributed by atoms with Crippen LogP contribution in [0.5, 0.6) is 0 Å². The Labute approximate surface area is 235 Å². The van der Waals surface area contributed by atoms with Crippen LogP contribution in [0.15, 0.2) is 108 Å². The molecule has 0 aliphatic heterocycles. The fourth-order valence-corrected chi connectivity index (χ4v) is 7.15. The van der Waals surface area contributed by atoms with Crippen molar-refractivity contribution in [2.45, 2.75) is 25.7 Å². The molecule has 0 saturated heterocycles. The van der Waals surface area contributed by atoms with Crippen molar-refractivity contribution in [2.75, 3.05) is 0 Å². The van der Waals surface area contributed by atoms with Crippen molar-refractivity contribution >= 4 is 69.8 Å². The second-order valence-electron chi connectivity index (χ2n) is 9.56. The summed E-state index contributed by atoms with van der Waals surface area (Å²) in [4.78, 5) is 0. The molecule has 0 nitrogen and oxygen atoms in total. The Hall–Kier alpha value is -2.23. The molecule has 0 aromatic heterocycles. The second-order valence-corrected chi connectivity index (χ2v) is 11.5. The van der Waals surface area contributed by atoms with Crippen LogP contribution in [0.3, 0.4) is 0 Å². The quantitative estimate of drug-likeness (QED) is 0.394. The van der Waals surface area contributed by atoms with E-state index in [2.05, 4.69) is 123 Å². The van der Waals surface area contributed by atoms with Crippen LogP contribution in [-0.4, -0.2) is 47.2 Å². The molecule has 4 aromatic carbocycles. The summed E-state index contributed by atoms with van der Waals surface area (Å²) in [6.07, 6.45) is 4.67. The number of rotatable bonds is 4. The van der Waals surface area contributed by atoms with Gasteiger partial charge in [0.1, 0.15) is 0 Å². The van der Waals surface area contributed by atoms with Gasteiger partial charge in [0.25, 0.3) is 0 Å². The summed E-state index contributed by atoms with van der Waals surface area (Å²) in [6, 6.07) is 36.5. The molecule has 0 amide bonds. The van der Waals surface area contributed by atoms with Gasteiger partial charge < -0.3 is 0 Å². The zero-order valence-electron chi connectivity index (χ0n) is 19.3. The Morgan fingerprint density at radius 3 is 1.26 bits per heavy atom. The van der Waals surface area contributed by atoms with Gasteiger partial charge in [0, 0.05) is 11.8 Å². The van der Waals surface area contributed by atoms with Crippen LogP contribution in [-0.2, 0) is 0 Å². The monoisotopic (exact) mass is 456 g/mol. The van der Waals surface area contributed by atoms with E-state index < -0.39 is 9.52 Å². The maximum atomic E-state index is 2.36. The predicted octanol–water partition coefficient (Wildman–Crippen LogP) is 4.61. The minimum absolute atomic E-state index is 0. The Bertz CT molecular complexity index is 1290. The zero-order valence-corrected chi connectivity index (χ0v) is 20.7. The summed E-state index contributed by atoms with van der Waals surface area (Å²) in [7, 11) is -0.483. The molecular formula is C32H30Li2Si. The molecule has 6 rings (SSSR count). The van der Waals surface area contributed by atoms with Gasteiger partial charge in [-0.25, -0.2) is 0 Å². The Balaban J connectivity index is 0.00000144.